The molecule has 4 N–H and O–H groups in total. The summed E-state index contributed by atoms with van der Waals surface area (Å²) in [6.07, 6.45) is 5.76. The smallest absolute Gasteiger partial charge is 0.412 e. The van der Waals surface area contributed by atoms with E-state index in [-0.39, 0.29) is 44.7 Å². The van der Waals surface area contributed by atoms with E-state index in [0.717, 1.165) is 42.7 Å². The van der Waals surface area contributed by atoms with Crippen LogP contribution in [0.2, 0.25) is 0 Å². The summed E-state index contributed by atoms with van der Waals surface area (Å²) in [5.41, 5.74) is 3.30. The maximum Gasteiger partial charge on any atom is 0.412 e. The Morgan fingerprint density at radius 1 is 0.981 bits per heavy atom. The van der Waals surface area contributed by atoms with Gasteiger partial charge in [0.15, 0.2) is 0 Å². The number of aromatic nitrogens is 3. The number of amidine groups is 1. The largest absolute Gasteiger partial charge is 0.466 e. The second-order valence-corrected chi connectivity index (χ2v) is 12.8. The van der Waals surface area contributed by atoms with E-state index in [1.807, 2.05) is 29.8 Å². The molecule has 0 aliphatic carbocycles. The topological polar surface area (TPSA) is 206 Å². The maximum absolute atomic E-state index is 13.6. The molecule has 2 amide bonds. The van der Waals surface area contributed by atoms with Crippen LogP contribution in [-0.4, -0.2) is 77.3 Å². The number of alkyl carbamates (subject to hydrolysis) is 1. The number of benzene rings is 2. The van der Waals surface area contributed by atoms with Gasteiger partial charge in [0, 0.05) is 36.6 Å². The number of aryl methyl sites for hydroxylation is 1. The summed E-state index contributed by atoms with van der Waals surface area (Å²) in [6, 6.07) is 17.7. The fraction of sp³-hybridized carbons (Fsp3) is 0.389. The van der Waals surface area contributed by atoms with Gasteiger partial charge in [0.2, 0.25) is 0 Å². The second kappa shape index (κ2) is 21.1. The number of ether oxygens (including phenoxy) is 2. The molecular formula is C36H49N7O8S. The molecular weight excluding hydrogens is 691 g/mol. The molecule has 0 aliphatic rings. The third-order valence-corrected chi connectivity index (χ3v) is 7.32. The Morgan fingerprint density at radius 3 is 2.31 bits per heavy atom. The summed E-state index contributed by atoms with van der Waals surface area (Å²) < 4.78 is 38.0. The Bertz CT molecular complexity index is 1870. The Kier molecular flexibility index (Phi) is 17.4. The summed E-state index contributed by atoms with van der Waals surface area (Å²) in [4.78, 5) is 48.2. The van der Waals surface area contributed by atoms with E-state index < -0.39 is 16.2 Å². The van der Waals surface area contributed by atoms with Crippen molar-refractivity contribution in [2.75, 3.05) is 36.2 Å². The third kappa shape index (κ3) is 14.1. The normalized spacial score (nSPS) is 10.6. The van der Waals surface area contributed by atoms with Gasteiger partial charge in [-0.25, -0.2) is 14.8 Å². The number of hydrogen-bond donors (Lipinski definition) is 4. The number of amides is 2. The molecule has 0 spiro atoms. The predicted octanol–water partition coefficient (Wildman–Crippen LogP) is 5.95. The molecule has 52 heavy (non-hydrogen) atoms. The van der Waals surface area contributed by atoms with Gasteiger partial charge in [-0.15, -0.1) is 0 Å². The van der Waals surface area contributed by atoms with Crippen LogP contribution >= 0.6 is 0 Å². The van der Waals surface area contributed by atoms with Crippen molar-refractivity contribution in [1.29, 1.82) is 5.41 Å². The number of nitrogens with one attached hydrogen (secondary N) is 3. The Labute approximate surface area is 305 Å². The number of anilines is 2. The minimum Gasteiger partial charge on any atom is -0.466 e. The van der Waals surface area contributed by atoms with Crippen molar-refractivity contribution < 1.29 is 36.8 Å². The summed E-state index contributed by atoms with van der Waals surface area (Å²) in [7, 11) is -1.76. The van der Waals surface area contributed by atoms with E-state index in [1.54, 1.807) is 55.6 Å². The number of rotatable bonds is 15. The summed E-state index contributed by atoms with van der Waals surface area (Å²) in [5.74, 6) is 0.483. The van der Waals surface area contributed by atoms with Gasteiger partial charge >= 0.3 is 12.1 Å². The van der Waals surface area contributed by atoms with Crippen LogP contribution in [0.15, 0.2) is 66.9 Å². The lowest BCUT2D eigenvalue weighted by molar-refractivity contribution is -0.142. The van der Waals surface area contributed by atoms with Gasteiger partial charge < -0.3 is 19.4 Å². The molecule has 0 radical (unpaired) electrons. The van der Waals surface area contributed by atoms with Gasteiger partial charge in [0.1, 0.15) is 17.5 Å². The zero-order valence-corrected chi connectivity index (χ0v) is 30.0. The summed E-state index contributed by atoms with van der Waals surface area (Å²) in [6.45, 7) is 5.01. The minimum absolute atomic E-state index is 0. The van der Waals surface area contributed by atoms with Gasteiger partial charge in [-0.2, -0.15) is 8.42 Å². The highest BCUT2D eigenvalue weighted by molar-refractivity contribution is 7.85. The van der Waals surface area contributed by atoms with Crippen molar-refractivity contribution in [2.24, 2.45) is 7.05 Å². The molecule has 0 atom stereocenters. The first kappa shape index (κ1) is 42.8. The van der Waals surface area contributed by atoms with Crippen molar-refractivity contribution in [3.63, 3.8) is 0 Å². The van der Waals surface area contributed by atoms with E-state index in [1.165, 1.54) is 4.90 Å². The standard InChI is InChI=1S/C34H41N7O5.CH4O3S.CH4/c1-4-6-7-10-21-46-34(44)39-32(35)24-12-15-26(16-13-24)37-23-30-38-27-22-25(14-17-28(27)40(30)3)33(43)41(20-18-31(42)45-5-2)29-11-8-9-19-36-29;1-5(2,3)4;/h8-9,11-17,19,22,37H,4-7,10,18,20-21,23H2,1-3H3,(H2,35,39,44);1H3,(H,2,3,4);1H4. The van der Waals surface area contributed by atoms with Gasteiger partial charge in [0.25, 0.3) is 16.0 Å². The lowest BCUT2D eigenvalue weighted by Crippen LogP contribution is -2.34. The Morgan fingerprint density at radius 2 is 1.67 bits per heavy atom. The van der Waals surface area contributed by atoms with Crippen molar-refractivity contribution in [1.82, 2.24) is 19.9 Å². The van der Waals surface area contributed by atoms with E-state index in [9.17, 15) is 22.8 Å². The predicted molar refractivity (Wildman–Crippen MR) is 201 cm³/mol. The van der Waals surface area contributed by atoms with Crippen LogP contribution in [-0.2, 0) is 38.0 Å². The Hall–Kier alpha value is -5.35. The van der Waals surface area contributed by atoms with Crippen LogP contribution in [0.1, 0.15) is 75.1 Å². The average molecular weight is 740 g/mol. The van der Waals surface area contributed by atoms with Crippen LogP contribution in [0, 0.1) is 5.41 Å². The number of fused-ring (bicyclic) bond motifs is 1. The molecule has 0 unspecified atom stereocenters. The molecule has 0 fully saturated rings. The Balaban J connectivity index is 0.00000146. The molecule has 4 rings (SSSR count). The van der Waals surface area contributed by atoms with E-state index in [2.05, 4.69) is 22.5 Å². The van der Waals surface area contributed by atoms with Crippen LogP contribution < -0.4 is 15.5 Å². The molecule has 15 nitrogen and oxygen atoms in total. The number of carbonyl (C=O) groups excluding carboxylic acids is 3. The van der Waals surface area contributed by atoms with Gasteiger partial charge in [-0.05, 0) is 67.9 Å². The highest BCUT2D eigenvalue weighted by atomic mass is 32.2. The number of carbonyl (C=O) groups is 3. The first-order valence-corrected chi connectivity index (χ1v) is 18.3. The molecule has 0 saturated carbocycles. The van der Waals surface area contributed by atoms with E-state index >= 15 is 0 Å². The molecule has 0 aliphatic heterocycles. The second-order valence-electron chi connectivity index (χ2n) is 11.4. The lowest BCUT2D eigenvalue weighted by atomic mass is 10.1. The van der Waals surface area contributed by atoms with E-state index in [4.69, 9.17) is 24.4 Å². The van der Waals surface area contributed by atoms with Crippen molar-refractivity contribution >= 4 is 56.5 Å². The monoisotopic (exact) mass is 739 g/mol. The number of hydrogen-bond acceptors (Lipinski definition) is 11. The van der Waals surface area contributed by atoms with Crippen LogP contribution in [0.4, 0.5) is 16.3 Å². The number of esters is 1. The third-order valence-electron chi connectivity index (χ3n) is 7.32. The number of nitrogens with zero attached hydrogens (tertiary/aromatic N) is 4. The van der Waals surface area contributed by atoms with E-state index in [0.29, 0.717) is 41.9 Å². The van der Waals surface area contributed by atoms with Gasteiger partial charge in [0.05, 0.1) is 43.5 Å². The fourth-order valence-corrected chi connectivity index (χ4v) is 4.81. The molecule has 282 valence electrons. The van der Waals surface area contributed by atoms with Crippen LogP contribution in [0.3, 0.4) is 0 Å². The van der Waals surface area contributed by atoms with Gasteiger partial charge in [-0.1, -0.05) is 39.7 Å². The molecule has 2 heterocycles. The fourth-order valence-electron chi connectivity index (χ4n) is 4.81. The lowest BCUT2D eigenvalue weighted by Gasteiger charge is -2.21. The molecule has 2 aromatic carbocycles. The minimum atomic E-state index is -3.67. The molecule has 4 aromatic rings. The van der Waals surface area contributed by atoms with Gasteiger partial charge in [-0.3, -0.25) is 29.8 Å². The molecule has 2 aromatic heterocycles. The maximum atomic E-state index is 13.6. The molecule has 0 bridgehead atoms. The highest BCUT2D eigenvalue weighted by Crippen LogP contribution is 2.21. The van der Waals surface area contributed by atoms with Crippen LogP contribution in [0.25, 0.3) is 11.0 Å². The summed E-state index contributed by atoms with van der Waals surface area (Å²) in [5, 5.41) is 14.0. The SMILES string of the molecule is C.CCCCCCOC(=O)NC(=N)c1ccc(NCc2nc3cc(C(=O)N(CCC(=O)OCC)c4ccccn4)ccc3n2C)cc1.CS(=O)(=O)O. The van der Waals surface area contributed by atoms with Crippen molar-refractivity contribution in [2.45, 2.75) is 59.9 Å². The number of pyridine rings is 1. The summed E-state index contributed by atoms with van der Waals surface area (Å²) >= 11 is 0. The zero-order chi connectivity index (χ0) is 37.4. The molecule has 16 heteroatoms. The van der Waals surface area contributed by atoms with Crippen molar-refractivity contribution in [3.8, 4) is 0 Å². The number of imidazole rings is 1. The average Bonchev–Trinajstić information content (AvgIpc) is 3.41. The molecule has 0 saturated heterocycles. The highest BCUT2D eigenvalue weighted by Gasteiger charge is 2.21. The zero-order valence-electron chi connectivity index (χ0n) is 29.2. The first-order chi connectivity index (χ1) is 24.3. The van der Waals surface area contributed by atoms with Crippen molar-refractivity contribution in [3.05, 3.63) is 83.8 Å². The number of unbranched alkanes of at least 4 members (excludes halogenated alkanes) is 3. The first-order valence-electron chi connectivity index (χ1n) is 16.4. The van der Waals surface area contributed by atoms with Crippen LogP contribution in [0.5, 0.6) is 0 Å². The quantitative estimate of drug-likeness (QED) is 0.0368.